The van der Waals surface area contributed by atoms with E-state index in [1.807, 2.05) is 0 Å². The fourth-order valence-electron chi connectivity index (χ4n) is 1.81. The molecule has 17 heavy (non-hydrogen) atoms. The Balaban J connectivity index is 2.61. The number of piperidine rings is 1. The highest BCUT2D eigenvalue weighted by molar-refractivity contribution is 5.81. The molecule has 5 nitrogen and oxygen atoms in total. The number of nitrogens with one attached hydrogen (secondary N) is 1. The molecule has 0 aromatic carbocycles. The van der Waals surface area contributed by atoms with Gasteiger partial charge in [-0.15, -0.1) is 0 Å². The quantitative estimate of drug-likeness (QED) is 0.582. The standard InChI is InChI=1S/C12H19NO4/c1-4-16-11(14)9-6-8(3)7-10(13-9)12(15)17-5-2/h9-10,13H,3-7H2,1-2H3/t9-,10-/m0/s1. The molecule has 1 saturated heterocycles. The van der Waals surface area contributed by atoms with Gasteiger partial charge in [0.05, 0.1) is 13.2 Å². The molecule has 0 radical (unpaired) electrons. The Hall–Kier alpha value is -1.36. The summed E-state index contributed by atoms with van der Waals surface area (Å²) in [5.41, 5.74) is 0.861. The topological polar surface area (TPSA) is 64.6 Å². The van der Waals surface area contributed by atoms with Crippen molar-refractivity contribution in [2.45, 2.75) is 38.8 Å². The van der Waals surface area contributed by atoms with E-state index in [1.165, 1.54) is 0 Å². The third kappa shape index (κ3) is 3.85. The van der Waals surface area contributed by atoms with E-state index < -0.39 is 12.1 Å². The average molecular weight is 241 g/mol. The summed E-state index contributed by atoms with van der Waals surface area (Å²) in [6.45, 7) is 7.99. The van der Waals surface area contributed by atoms with Crippen LogP contribution < -0.4 is 5.32 Å². The Bertz CT molecular complexity index is 286. The molecule has 1 N–H and O–H groups in total. The van der Waals surface area contributed by atoms with Crippen LogP contribution in [-0.4, -0.2) is 37.2 Å². The molecule has 0 unspecified atom stereocenters. The van der Waals surface area contributed by atoms with Gasteiger partial charge in [0.25, 0.3) is 0 Å². The van der Waals surface area contributed by atoms with Crippen molar-refractivity contribution in [2.24, 2.45) is 0 Å². The maximum Gasteiger partial charge on any atom is 0.323 e. The van der Waals surface area contributed by atoms with Gasteiger partial charge in [0.1, 0.15) is 12.1 Å². The van der Waals surface area contributed by atoms with E-state index in [1.54, 1.807) is 13.8 Å². The number of rotatable bonds is 4. The summed E-state index contributed by atoms with van der Waals surface area (Å²) >= 11 is 0. The van der Waals surface area contributed by atoms with Crippen molar-refractivity contribution in [1.29, 1.82) is 0 Å². The van der Waals surface area contributed by atoms with Crippen LogP contribution in [0.4, 0.5) is 0 Å². The van der Waals surface area contributed by atoms with Gasteiger partial charge in [-0.2, -0.15) is 0 Å². The van der Waals surface area contributed by atoms with Crippen molar-refractivity contribution in [3.8, 4) is 0 Å². The second-order valence-electron chi connectivity index (χ2n) is 3.93. The molecule has 0 bridgehead atoms. The minimum absolute atomic E-state index is 0.327. The highest BCUT2D eigenvalue weighted by Gasteiger charge is 2.33. The lowest BCUT2D eigenvalue weighted by Gasteiger charge is -2.29. The van der Waals surface area contributed by atoms with E-state index in [9.17, 15) is 9.59 Å². The van der Waals surface area contributed by atoms with Crippen molar-refractivity contribution in [3.63, 3.8) is 0 Å². The highest BCUT2D eigenvalue weighted by Crippen LogP contribution is 2.19. The molecule has 0 aliphatic carbocycles. The lowest BCUT2D eigenvalue weighted by molar-refractivity contribution is -0.149. The lowest BCUT2D eigenvalue weighted by atomic mass is 9.94. The fourth-order valence-corrected chi connectivity index (χ4v) is 1.81. The summed E-state index contributed by atoms with van der Waals surface area (Å²) in [5, 5.41) is 2.94. The molecular formula is C12H19NO4. The summed E-state index contributed by atoms with van der Waals surface area (Å²) in [4.78, 5) is 23.2. The van der Waals surface area contributed by atoms with E-state index in [2.05, 4.69) is 11.9 Å². The van der Waals surface area contributed by atoms with Gasteiger partial charge in [-0.1, -0.05) is 12.2 Å². The number of carbonyl (C=O) groups excluding carboxylic acids is 2. The first kappa shape index (κ1) is 13.7. The normalized spacial score (nSPS) is 24.2. The molecule has 2 atom stereocenters. The lowest BCUT2D eigenvalue weighted by Crippen LogP contribution is -2.51. The Morgan fingerprint density at radius 3 is 1.94 bits per heavy atom. The van der Waals surface area contributed by atoms with Gasteiger partial charge < -0.3 is 9.47 Å². The predicted octanol–water partition coefficient (Wildman–Crippen LogP) is 0.789. The van der Waals surface area contributed by atoms with Crippen molar-refractivity contribution in [1.82, 2.24) is 5.32 Å². The molecule has 1 aliphatic rings. The molecule has 96 valence electrons. The largest absolute Gasteiger partial charge is 0.465 e. The van der Waals surface area contributed by atoms with Crippen LogP contribution in [0.25, 0.3) is 0 Å². The molecule has 1 fully saturated rings. The Kier molecular flexibility index (Phi) is 5.15. The van der Waals surface area contributed by atoms with Crippen molar-refractivity contribution < 1.29 is 19.1 Å². The molecule has 5 heteroatoms. The van der Waals surface area contributed by atoms with Gasteiger partial charge in [0.15, 0.2) is 0 Å². The zero-order valence-electron chi connectivity index (χ0n) is 10.3. The van der Waals surface area contributed by atoms with Crippen molar-refractivity contribution in [3.05, 3.63) is 12.2 Å². The minimum Gasteiger partial charge on any atom is -0.465 e. The molecule has 1 heterocycles. The van der Waals surface area contributed by atoms with E-state index in [4.69, 9.17) is 9.47 Å². The number of hydrogen-bond acceptors (Lipinski definition) is 5. The monoisotopic (exact) mass is 241 g/mol. The molecule has 1 rings (SSSR count). The third-order valence-electron chi connectivity index (χ3n) is 2.53. The molecule has 0 spiro atoms. The van der Waals surface area contributed by atoms with Gasteiger partial charge in [0, 0.05) is 0 Å². The van der Waals surface area contributed by atoms with Crippen LogP contribution in [0.3, 0.4) is 0 Å². The van der Waals surface area contributed by atoms with Crippen LogP contribution in [0, 0.1) is 0 Å². The van der Waals surface area contributed by atoms with E-state index in [0.29, 0.717) is 26.1 Å². The second-order valence-corrected chi connectivity index (χ2v) is 3.93. The Morgan fingerprint density at radius 2 is 1.59 bits per heavy atom. The molecule has 1 aliphatic heterocycles. The van der Waals surface area contributed by atoms with Crippen molar-refractivity contribution >= 4 is 11.9 Å². The summed E-state index contributed by atoms with van der Waals surface area (Å²) in [5.74, 6) is -0.690. The van der Waals surface area contributed by atoms with E-state index in [0.717, 1.165) is 5.57 Å². The summed E-state index contributed by atoms with van der Waals surface area (Å²) in [7, 11) is 0. The first-order valence-electron chi connectivity index (χ1n) is 5.84. The van der Waals surface area contributed by atoms with Crippen LogP contribution in [0.15, 0.2) is 12.2 Å². The first-order valence-corrected chi connectivity index (χ1v) is 5.84. The maximum absolute atomic E-state index is 11.6. The smallest absolute Gasteiger partial charge is 0.323 e. The zero-order valence-corrected chi connectivity index (χ0v) is 10.3. The summed E-state index contributed by atoms with van der Waals surface area (Å²) in [6, 6.07) is -0.990. The van der Waals surface area contributed by atoms with E-state index in [-0.39, 0.29) is 11.9 Å². The van der Waals surface area contributed by atoms with Gasteiger partial charge in [-0.3, -0.25) is 14.9 Å². The van der Waals surface area contributed by atoms with E-state index >= 15 is 0 Å². The average Bonchev–Trinajstić information content (AvgIpc) is 2.29. The maximum atomic E-state index is 11.6. The molecule has 0 aromatic heterocycles. The predicted molar refractivity (Wildman–Crippen MR) is 62.4 cm³/mol. The van der Waals surface area contributed by atoms with Gasteiger partial charge in [0.2, 0.25) is 0 Å². The number of ether oxygens (including phenoxy) is 2. The van der Waals surface area contributed by atoms with Crippen LogP contribution >= 0.6 is 0 Å². The van der Waals surface area contributed by atoms with Crippen LogP contribution in [0.5, 0.6) is 0 Å². The SMILES string of the molecule is C=C1C[C@@H](C(=O)OCC)N[C@H](C(=O)OCC)C1. The number of hydrogen-bond donors (Lipinski definition) is 1. The van der Waals surface area contributed by atoms with Crippen molar-refractivity contribution in [2.75, 3.05) is 13.2 Å². The molecule has 0 amide bonds. The van der Waals surface area contributed by atoms with Crippen LogP contribution in [0.1, 0.15) is 26.7 Å². The Labute approximate surface area is 101 Å². The zero-order chi connectivity index (χ0) is 12.8. The number of carbonyl (C=O) groups is 2. The fraction of sp³-hybridized carbons (Fsp3) is 0.667. The summed E-state index contributed by atoms with van der Waals surface area (Å²) in [6.07, 6.45) is 1.02. The van der Waals surface area contributed by atoms with Gasteiger partial charge in [-0.05, 0) is 26.7 Å². The van der Waals surface area contributed by atoms with Crippen LogP contribution in [0.2, 0.25) is 0 Å². The second kappa shape index (κ2) is 6.39. The van der Waals surface area contributed by atoms with Crippen LogP contribution in [-0.2, 0) is 19.1 Å². The molecule has 0 saturated carbocycles. The third-order valence-corrected chi connectivity index (χ3v) is 2.53. The summed E-state index contributed by atoms with van der Waals surface area (Å²) < 4.78 is 9.85. The molecule has 0 aromatic rings. The molecular weight excluding hydrogens is 222 g/mol. The Morgan fingerprint density at radius 1 is 1.18 bits per heavy atom. The van der Waals surface area contributed by atoms with Gasteiger partial charge >= 0.3 is 11.9 Å². The van der Waals surface area contributed by atoms with Gasteiger partial charge in [-0.25, -0.2) is 0 Å². The first-order chi connectivity index (χ1) is 8.08. The highest BCUT2D eigenvalue weighted by atomic mass is 16.5. The number of esters is 2. The minimum atomic E-state index is -0.495.